The van der Waals surface area contributed by atoms with Crippen molar-refractivity contribution in [3.05, 3.63) is 41.7 Å². The number of aryl methyl sites for hydroxylation is 1. The van der Waals surface area contributed by atoms with Crippen molar-refractivity contribution in [2.45, 2.75) is 17.2 Å². The first-order valence-electron chi connectivity index (χ1n) is 5.66. The molecule has 1 aromatic heterocycles. The first kappa shape index (κ1) is 13.8. The summed E-state index contributed by atoms with van der Waals surface area (Å²) in [6, 6.07) is 9.75. The molecule has 1 atom stereocenters. The second-order valence-corrected chi connectivity index (χ2v) is 5.93. The summed E-state index contributed by atoms with van der Waals surface area (Å²) in [5, 5.41) is 12.0. The van der Waals surface area contributed by atoms with Crippen LogP contribution in [0.15, 0.2) is 39.8 Å². The maximum Gasteiger partial charge on any atom is 0.170 e. The third-order valence-corrected chi connectivity index (χ3v) is 4.58. The maximum atomic E-state index is 8.90. The predicted molar refractivity (Wildman–Crippen MR) is 78.0 cm³/mol. The Morgan fingerprint density at radius 1 is 1.47 bits per heavy atom. The van der Waals surface area contributed by atoms with E-state index in [-0.39, 0.29) is 11.8 Å². The summed E-state index contributed by atoms with van der Waals surface area (Å²) in [7, 11) is 0. The average molecular weight is 294 g/mol. The SMILES string of the molecule is Cc1nsc(SCC(C(N)=NO)c2ccccc2)n1. The van der Waals surface area contributed by atoms with Gasteiger partial charge in [0.2, 0.25) is 0 Å². The van der Waals surface area contributed by atoms with Gasteiger partial charge in [0.15, 0.2) is 4.34 Å². The number of rotatable bonds is 5. The first-order chi connectivity index (χ1) is 9.20. The minimum Gasteiger partial charge on any atom is -0.409 e. The Bertz CT molecular complexity index is 556. The van der Waals surface area contributed by atoms with Crippen LogP contribution in [0.2, 0.25) is 0 Å². The number of nitrogens with zero attached hydrogens (tertiary/aromatic N) is 3. The molecule has 0 spiro atoms. The fourth-order valence-corrected chi connectivity index (χ4v) is 3.42. The average Bonchev–Trinajstić information content (AvgIpc) is 2.85. The molecule has 0 aliphatic rings. The quantitative estimate of drug-likeness (QED) is 0.291. The van der Waals surface area contributed by atoms with Crippen LogP contribution < -0.4 is 5.73 Å². The van der Waals surface area contributed by atoms with Crippen LogP contribution in [0.5, 0.6) is 0 Å². The van der Waals surface area contributed by atoms with Gasteiger partial charge in [0.1, 0.15) is 11.7 Å². The third-order valence-electron chi connectivity index (χ3n) is 2.56. The molecule has 1 aromatic carbocycles. The molecular formula is C12H14N4OS2. The summed E-state index contributed by atoms with van der Waals surface area (Å²) in [5.41, 5.74) is 6.79. The molecule has 2 aromatic rings. The van der Waals surface area contributed by atoms with Gasteiger partial charge in [-0.05, 0) is 24.0 Å². The fraction of sp³-hybridized carbons (Fsp3) is 0.250. The number of hydrogen-bond acceptors (Lipinski definition) is 6. The number of amidine groups is 1. The number of benzene rings is 1. The van der Waals surface area contributed by atoms with Crippen molar-refractivity contribution in [2.24, 2.45) is 10.9 Å². The van der Waals surface area contributed by atoms with Crippen molar-refractivity contribution in [2.75, 3.05) is 5.75 Å². The zero-order chi connectivity index (χ0) is 13.7. The van der Waals surface area contributed by atoms with E-state index in [0.717, 1.165) is 15.7 Å². The first-order valence-corrected chi connectivity index (χ1v) is 7.42. The molecule has 0 saturated heterocycles. The molecule has 0 bridgehead atoms. The molecule has 0 aliphatic carbocycles. The summed E-state index contributed by atoms with van der Waals surface area (Å²) < 4.78 is 5.02. The highest BCUT2D eigenvalue weighted by Crippen LogP contribution is 2.27. The fourth-order valence-electron chi connectivity index (χ4n) is 1.60. The zero-order valence-corrected chi connectivity index (χ0v) is 12.0. The van der Waals surface area contributed by atoms with Crippen molar-refractivity contribution >= 4 is 29.1 Å². The molecule has 0 radical (unpaired) electrons. The van der Waals surface area contributed by atoms with Crippen molar-refractivity contribution < 1.29 is 5.21 Å². The van der Waals surface area contributed by atoms with E-state index in [9.17, 15) is 0 Å². The van der Waals surface area contributed by atoms with Crippen LogP contribution in [-0.4, -0.2) is 26.2 Å². The highest BCUT2D eigenvalue weighted by Gasteiger charge is 2.17. The molecular weight excluding hydrogens is 280 g/mol. The molecule has 1 heterocycles. The summed E-state index contributed by atoms with van der Waals surface area (Å²) in [5.74, 6) is 1.50. The lowest BCUT2D eigenvalue weighted by Gasteiger charge is -2.14. The van der Waals surface area contributed by atoms with Crippen LogP contribution in [0.1, 0.15) is 17.3 Å². The van der Waals surface area contributed by atoms with E-state index in [4.69, 9.17) is 10.9 Å². The minimum atomic E-state index is -0.139. The third kappa shape index (κ3) is 3.68. The zero-order valence-electron chi connectivity index (χ0n) is 10.4. The number of oxime groups is 1. The highest BCUT2D eigenvalue weighted by molar-refractivity contribution is 8.01. The smallest absolute Gasteiger partial charge is 0.170 e. The Morgan fingerprint density at radius 3 is 2.79 bits per heavy atom. The molecule has 0 fully saturated rings. The summed E-state index contributed by atoms with van der Waals surface area (Å²) in [6.07, 6.45) is 0. The van der Waals surface area contributed by atoms with Gasteiger partial charge < -0.3 is 10.9 Å². The number of aromatic nitrogens is 2. The van der Waals surface area contributed by atoms with Gasteiger partial charge in [0.05, 0.1) is 5.92 Å². The van der Waals surface area contributed by atoms with E-state index in [2.05, 4.69) is 14.5 Å². The van der Waals surface area contributed by atoms with Gasteiger partial charge >= 0.3 is 0 Å². The predicted octanol–water partition coefficient (Wildman–Crippen LogP) is 2.47. The monoisotopic (exact) mass is 294 g/mol. The van der Waals surface area contributed by atoms with E-state index in [1.165, 1.54) is 11.5 Å². The number of thioether (sulfide) groups is 1. The molecule has 19 heavy (non-hydrogen) atoms. The van der Waals surface area contributed by atoms with Crippen LogP contribution in [0.3, 0.4) is 0 Å². The van der Waals surface area contributed by atoms with E-state index in [1.54, 1.807) is 11.8 Å². The summed E-state index contributed by atoms with van der Waals surface area (Å²) in [4.78, 5) is 4.29. The molecule has 7 heteroatoms. The normalized spacial score (nSPS) is 13.4. The van der Waals surface area contributed by atoms with E-state index in [0.29, 0.717) is 5.75 Å². The largest absolute Gasteiger partial charge is 0.409 e. The molecule has 5 nitrogen and oxygen atoms in total. The minimum absolute atomic E-state index is 0.139. The molecule has 1 unspecified atom stereocenters. The van der Waals surface area contributed by atoms with Gasteiger partial charge in [-0.1, -0.05) is 47.2 Å². The van der Waals surface area contributed by atoms with Crippen molar-refractivity contribution in [1.82, 2.24) is 9.36 Å². The van der Waals surface area contributed by atoms with Crippen molar-refractivity contribution in [3.8, 4) is 0 Å². The van der Waals surface area contributed by atoms with Gasteiger partial charge in [-0.2, -0.15) is 4.37 Å². The van der Waals surface area contributed by atoms with Crippen LogP contribution in [0, 0.1) is 6.92 Å². The topological polar surface area (TPSA) is 84.4 Å². The summed E-state index contributed by atoms with van der Waals surface area (Å²) in [6.45, 7) is 1.86. The Hall–Kier alpha value is -1.60. The van der Waals surface area contributed by atoms with Crippen LogP contribution in [0.25, 0.3) is 0 Å². The van der Waals surface area contributed by atoms with Crippen LogP contribution in [-0.2, 0) is 0 Å². The van der Waals surface area contributed by atoms with Gasteiger partial charge in [0.25, 0.3) is 0 Å². The Morgan fingerprint density at radius 2 is 2.21 bits per heavy atom. The van der Waals surface area contributed by atoms with Gasteiger partial charge in [0, 0.05) is 5.75 Å². The van der Waals surface area contributed by atoms with E-state index in [1.807, 2.05) is 37.3 Å². The maximum absolute atomic E-state index is 8.90. The molecule has 100 valence electrons. The Kier molecular flexibility index (Phi) is 4.75. The lowest BCUT2D eigenvalue weighted by Crippen LogP contribution is -2.23. The van der Waals surface area contributed by atoms with E-state index < -0.39 is 0 Å². The molecule has 3 N–H and O–H groups in total. The standard InChI is InChI=1S/C12H14N4OS2/c1-8-14-12(19-16-8)18-7-10(11(13)15-17)9-5-3-2-4-6-9/h2-6,10,17H,7H2,1H3,(H2,13,15). The van der Waals surface area contributed by atoms with E-state index >= 15 is 0 Å². The summed E-state index contributed by atoms with van der Waals surface area (Å²) >= 11 is 2.93. The molecule has 2 rings (SSSR count). The Labute approximate surface area is 119 Å². The van der Waals surface area contributed by atoms with Crippen LogP contribution in [0.4, 0.5) is 0 Å². The van der Waals surface area contributed by atoms with Gasteiger partial charge in [-0.15, -0.1) is 0 Å². The lowest BCUT2D eigenvalue weighted by atomic mass is 10.0. The second-order valence-electron chi connectivity index (χ2n) is 3.91. The number of hydrogen-bond donors (Lipinski definition) is 2. The second kappa shape index (κ2) is 6.53. The highest BCUT2D eigenvalue weighted by atomic mass is 32.2. The number of nitrogens with two attached hydrogens (primary N) is 1. The lowest BCUT2D eigenvalue weighted by molar-refractivity contribution is 0.316. The molecule has 0 saturated carbocycles. The van der Waals surface area contributed by atoms with Gasteiger partial charge in [-0.3, -0.25) is 0 Å². The van der Waals surface area contributed by atoms with Crippen molar-refractivity contribution in [1.29, 1.82) is 0 Å². The van der Waals surface area contributed by atoms with Crippen molar-refractivity contribution in [3.63, 3.8) is 0 Å². The Balaban J connectivity index is 2.11. The van der Waals surface area contributed by atoms with Gasteiger partial charge in [-0.25, -0.2) is 4.98 Å². The molecule has 0 amide bonds. The molecule has 0 aliphatic heterocycles. The van der Waals surface area contributed by atoms with Crippen LogP contribution >= 0.6 is 23.3 Å².